The molecule has 0 aromatic carbocycles. The molecule has 1 unspecified atom stereocenters. The van der Waals surface area contributed by atoms with Crippen molar-refractivity contribution >= 4 is 0 Å². The maximum atomic E-state index is 5.91. The molecule has 1 N–H and O–H groups in total. The first kappa shape index (κ1) is 15.3. The van der Waals surface area contributed by atoms with E-state index < -0.39 is 0 Å². The molecule has 2 rings (SSSR count). The molecule has 2 aliphatic rings. The van der Waals surface area contributed by atoms with Crippen LogP contribution in [0.25, 0.3) is 0 Å². The van der Waals surface area contributed by atoms with E-state index in [4.69, 9.17) is 4.74 Å². The van der Waals surface area contributed by atoms with Crippen molar-refractivity contribution in [3.8, 4) is 0 Å². The van der Waals surface area contributed by atoms with E-state index in [1.807, 2.05) is 0 Å². The Kier molecular flexibility index (Phi) is 6.11. The molecule has 0 aromatic rings. The van der Waals surface area contributed by atoms with Gasteiger partial charge < -0.3 is 10.1 Å². The molecule has 1 saturated carbocycles. The van der Waals surface area contributed by atoms with E-state index in [2.05, 4.69) is 24.1 Å². The highest BCUT2D eigenvalue weighted by molar-refractivity contribution is 5.04. The highest BCUT2D eigenvalue weighted by atomic mass is 16.5. The summed E-state index contributed by atoms with van der Waals surface area (Å²) in [7, 11) is 0. The summed E-state index contributed by atoms with van der Waals surface area (Å²) in [6.45, 7) is 9.85. The van der Waals surface area contributed by atoms with Crippen LogP contribution in [0.15, 0.2) is 0 Å². The highest BCUT2D eigenvalue weighted by Crippen LogP contribution is 2.40. The largest absolute Gasteiger partial charge is 0.380 e. The lowest BCUT2D eigenvalue weighted by atomic mass is 9.86. The van der Waals surface area contributed by atoms with Gasteiger partial charge in [0.25, 0.3) is 0 Å². The lowest BCUT2D eigenvalue weighted by molar-refractivity contribution is 0.0204. The van der Waals surface area contributed by atoms with Gasteiger partial charge in [-0.05, 0) is 51.7 Å². The van der Waals surface area contributed by atoms with Gasteiger partial charge >= 0.3 is 0 Å². The fourth-order valence-electron chi connectivity index (χ4n) is 4.03. The van der Waals surface area contributed by atoms with Crippen molar-refractivity contribution in [3.63, 3.8) is 0 Å². The molecular formula is C16H32N2O. The standard InChI is InChI=1S/C16H32N2O/c1-3-13-19-14-15(17-4-2)16(9-5-6-10-16)18-11-7-8-12-18/h15,17H,3-14H2,1-2H3. The quantitative estimate of drug-likeness (QED) is 0.685. The summed E-state index contributed by atoms with van der Waals surface area (Å²) in [6.07, 6.45) is 9.40. The van der Waals surface area contributed by atoms with Crippen LogP contribution in [0.3, 0.4) is 0 Å². The first-order chi connectivity index (χ1) is 9.33. The Morgan fingerprint density at radius 2 is 1.79 bits per heavy atom. The Morgan fingerprint density at radius 3 is 2.37 bits per heavy atom. The van der Waals surface area contributed by atoms with Crippen LogP contribution >= 0.6 is 0 Å². The number of rotatable bonds is 8. The summed E-state index contributed by atoms with van der Waals surface area (Å²) >= 11 is 0. The van der Waals surface area contributed by atoms with Crippen LogP contribution in [-0.4, -0.2) is 49.3 Å². The van der Waals surface area contributed by atoms with Crippen molar-refractivity contribution in [2.45, 2.75) is 70.4 Å². The maximum Gasteiger partial charge on any atom is 0.0637 e. The van der Waals surface area contributed by atoms with Crippen molar-refractivity contribution in [2.24, 2.45) is 0 Å². The van der Waals surface area contributed by atoms with Crippen LogP contribution in [0, 0.1) is 0 Å². The highest BCUT2D eigenvalue weighted by Gasteiger charge is 2.46. The summed E-state index contributed by atoms with van der Waals surface area (Å²) in [5.41, 5.74) is 0.389. The molecule has 19 heavy (non-hydrogen) atoms. The van der Waals surface area contributed by atoms with Gasteiger partial charge in [0, 0.05) is 18.2 Å². The molecule has 0 amide bonds. The zero-order valence-electron chi connectivity index (χ0n) is 12.9. The molecule has 0 bridgehead atoms. The van der Waals surface area contributed by atoms with Crippen LogP contribution in [0.2, 0.25) is 0 Å². The van der Waals surface area contributed by atoms with Crippen molar-refractivity contribution in [1.82, 2.24) is 10.2 Å². The Bertz CT molecular complexity index is 245. The predicted molar refractivity (Wildman–Crippen MR) is 80.6 cm³/mol. The minimum atomic E-state index is 0.389. The fraction of sp³-hybridized carbons (Fsp3) is 1.00. The Labute approximate surface area is 119 Å². The number of ether oxygens (including phenoxy) is 1. The number of nitrogens with zero attached hydrogens (tertiary/aromatic N) is 1. The molecule has 0 radical (unpaired) electrons. The first-order valence-electron chi connectivity index (χ1n) is 8.39. The van der Waals surface area contributed by atoms with Gasteiger partial charge in [-0.15, -0.1) is 0 Å². The number of likely N-dealkylation sites (tertiary alicyclic amines) is 1. The zero-order chi connectivity index (χ0) is 13.6. The zero-order valence-corrected chi connectivity index (χ0v) is 12.9. The monoisotopic (exact) mass is 268 g/mol. The number of hydrogen-bond acceptors (Lipinski definition) is 3. The van der Waals surface area contributed by atoms with E-state index in [0.29, 0.717) is 11.6 Å². The maximum absolute atomic E-state index is 5.91. The number of likely N-dealkylation sites (N-methyl/N-ethyl adjacent to an activating group) is 1. The predicted octanol–water partition coefficient (Wildman–Crippen LogP) is 2.80. The van der Waals surface area contributed by atoms with Crippen molar-refractivity contribution in [1.29, 1.82) is 0 Å². The van der Waals surface area contributed by atoms with Crippen molar-refractivity contribution < 1.29 is 4.74 Å². The minimum Gasteiger partial charge on any atom is -0.380 e. The molecule has 1 aliphatic carbocycles. The Balaban J connectivity index is 2.04. The molecular weight excluding hydrogens is 236 g/mol. The second-order valence-corrected chi connectivity index (χ2v) is 6.19. The summed E-state index contributed by atoms with van der Waals surface area (Å²) < 4.78 is 5.91. The molecule has 1 atom stereocenters. The lowest BCUT2D eigenvalue weighted by Gasteiger charge is -2.45. The van der Waals surface area contributed by atoms with Gasteiger partial charge in [-0.2, -0.15) is 0 Å². The first-order valence-corrected chi connectivity index (χ1v) is 8.39. The van der Waals surface area contributed by atoms with Crippen LogP contribution in [0.4, 0.5) is 0 Å². The molecule has 1 saturated heterocycles. The van der Waals surface area contributed by atoms with Gasteiger partial charge in [-0.1, -0.05) is 26.7 Å². The summed E-state index contributed by atoms with van der Waals surface area (Å²) in [5.74, 6) is 0. The second-order valence-electron chi connectivity index (χ2n) is 6.19. The normalized spacial score (nSPS) is 24.9. The second kappa shape index (κ2) is 7.61. The molecule has 3 heteroatoms. The smallest absolute Gasteiger partial charge is 0.0637 e. The molecule has 0 spiro atoms. The third-order valence-electron chi connectivity index (χ3n) is 4.94. The molecule has 2 fully saturated rings. The van der Waals surface area contributed by atoms with Crippen molar-refractivity contribution in [3.05, 3.63) is 0 Å². The molecule has 0 aromatic heterocycles. The summed E-state index contributed by atoms with van der Waals surface area (Å²) in [4.78, 5) is 2.78. The fourth-order valence-corrected chi connectivity index (χ4v) is 4.03. The average Bonchev–Trinajstić information content (AvgIpc) is 3.09. The SMILES string of the molecule is CCCOCC(NCC)C1(N2CCCC2)CCCC1. The van der Waals surface area contributed by atoms with E-state index in [1.165, 1.54) is 51.6 Å². The summed E-state index contributed by atoms with van der Waals surface area (Å²) in [6, 6.07) is 0.518. The van der Waals surface area contributed by atoms with E-state index in [0.717, 1.165) is 26.2 Å². The van der Waals surface area contributed by atoms with Gasteiger partial charge in [0.2, 0.25) is 0 Å². The number of hydrogen-bond donors (Lipinski definition) is 1. The van der Waals surface area contributed by atoms with E-state index in [-0.39, 0.29) is 0 Å². The lowest BCUT2D eigenvalue weighted by Crippen LogP contribution is -2.61. The topological polar surface area (TPSA) is 24.5 Å². The van der Waals surface area contributed by atoms with Gasteiger partial charge in [0.05, 0.1) is 6.61 Å². The van der Waals surface area contributed by atoms with Crippen LogP contribution in [-0.2, 0) is 4.74 Å². The third kappa shape index (κ3) is 3.50. The Hall–Kier alpha value is -0.120. The van der Waals surface area contributed by atoms with Crippen molar-refractivity contribution in [2.75, 3.05) is 32.8 Å². The molecule has 1 aliphatic heterocycles. The molecule has 3 nitrogen and oxygen atoms in total. The van der Waals surface area contributed by atoms with Gasteiger partial charge in [-0.3, -0.25) is 4.90 Å². The van der Waals surface area contributed by atoms with Gasteiger partial charge in [-0.25, -0.2) is 0 Å². The molecule has 1 heterocycles. The number of nitrogens with one attached hydrogen (secondary N) is 1. The van der Waals surface area contributed by atoms with Crippen LogP contribution < -0.4 is 5.32 Å². The van der Waals surface area contributed by atoms with Gasteiger partial charge in [0.15, 0.2) is 0 Å². The Morgan fingerprint density at radius 1 is 1.11 bits per heavy atom. The molecule has 112 valence electrons. The van der Waals surface area contributed by atoms with Crippen LogP contribution in [0.5, 0.6) is 0 Å². The third-order valence-corrected chi connectivity index (χ3v) is 4.94. The average molecular weight is 268 g/mol. The van der Waals surface area contributed by atoms with E-state index in [1.54, 1.807) is 0 Å². The van der Waals surface area contributed by atoms with E-state index >= 15 is 0 Å². The van der Waals surface area contributed by atoms with Gasteiger partial charge in [0.1, 0.15) is 0 Å². The van der Waals surface area contributed by atoms with E-state index in [9.17, 15) is 0 Å². The summed E-state index contributed by atoms with van der Waals surface area (Å²) in [5, 5.41) is 3.73. The minimum absolute atomic E-state index is 0.389. The van der Waals surface area contributed by atoms with Crippen LogP contribution in [0.1, 0.15) is 58.8 Å².